The van der Waals surface area contributed by atoms with E-state index in [-0.39, 0.29) is 12.3 Å². The maximum absolute atomic E-state index is 12.0. The summed E-state index contributed by atoms with van der Waals surface area (Å²) in [7, 11) is -3.67. The van der Waals surface area contributed by atoms with Crippen molar-refractivity contribution in [3.05, 3.63) is 0 Å². The standard InChI is InChI=1S/C11H20N2O7S/c1-6(2)4-7(13-21(3,19)20)10(16)12-8(11(17)18)5-9(14)15/h6-8,13H,4-5H2,1-3H3,(H,12,16)(H,14,15)(H,17,18). The molecule has 9 nitrogen and oxygen atoms in total. The van der Waals surface area contributed by atoms with Gasteiger partial charge >= 0.3 is 11.9 Å². The molecule has 0 bridgehead atoms. The number of hydrogen-bond acceptors (Lipinski definition) is 5. The summed E-state index contributed by atoms with van der Waals surface area (Å²) in [6.45, 7) is 3.52. The van der Waals surface area contributed by atoms with Crippen molar-refractivity contribution in [2.24, 2.45) is 5.92 Å². The highest BCUT2D eigenvalue weighted by atomic mass is 32.2. The van der Waals surface area contributed by atoms with Crippen molar-refractivity contribution in [2.75, 3.05) is 6.26 Å². The maximum atomic E-state index is 12.0. The normalized spacial score (nSPS) is 14.5. The number of carbonyl (C=O) groups is 3. The fraction of sp³-hybridized carbons (Fsp3) is 0.727. The van der Waals surface area contributed by atoms with Crippen LogP contribution in [0, 0.1) is 5.92 Å². The number of sulfonamides is 1. The lowest BCUT2D eigenvalue weighted by Crippen LogP contribution is -2.52. The van der Waals surface area contributed by atoms with Gasteiger partial charge in [0.25, 0.3) is 0 Å². The molecule has 0 fully saturated rings. The number of nitrogens with one attached hydrogen (secondary N) is 2. The summed E-state index contributed by atoms with van der Waals surface area (Å²) >= 11 is 0. The van der Waals surface area contributed by atoms with Gasteiger partial charge in [0.05, 0.1) is 12.7 Å². The van der Waals surface area contributed by atoms with E-state index in [1.54, 1.807) is 13.8 Å². The Balaban J connectivity index is 5.00. The lowest BCUT2D eigenvalue weighted by atomic mass is 10.0. The van der Waals surface area contributed by atoms with Gasteiger partial charge in [-0.1, -0.05) is 13.8 Å². The Labute approximate surface area is 122 Å². The van der Waals surface area contributed by atoms with Gasteiger partial charge in [0.15, 0.2) is 0 Å². The molecule has 4 N–H and O–H groups in total. The minimum Gasteiger partial charge on any atom is -0.481 e. The van der Waals surface area contributed by atoms with Crippen LogP contribution < -0.4 is 10.0 Å². The van der Waals surface area contributed by atoms with Crippen molar-refractivity contribution in [3.63, 3.8) is 0 Å². The van der Waals surface area contributed by atoms with Gasteiger partial charge in [-0.3, -0.25) is 9.59 Å². The van der Waals surface area contributed by atoms with E-state index in [4.69, 9.17) is 10.2 Å². The zero-order valence-electron chi connectivity index (χ0n) is 12.0. The Morgan fingerprint density at radius 2 is 1.62 bits per heavy atom. The molecule has 1 amide bonds. The smallest absolute Gasteiger partial charge is 0.326 e. The predicted molar refractivity (Wildman–Crippen MR) is 73.0 cm³/mol. The van der Waals surface area contributed by atoms with Gasteiger partial charge in [-0.2, -0.15) is 0 Å². The maximum Gasteiger partial charge on any atom is 0.326 e. The highest BCUT2D eigenvalue weighted by Crippen LogP contribution is 2.07. The summed E-state index contributed by atoms with van der Waals surface area (Å²) in [5, 5.41) is 19.5. The molecule has 0 aliphatic heterocycles. The summed E-state index contributed by atoms with van der Waals surface area (Å²) in [6.07, 6.45) is 0.228. The van der Waals surface area contributed by atoms with Gasteiger partial charge in [0, 0.05) is 0 Å². The van der Waals surface area contributed by atoms with Crippen molar-refractivity contribution >= 4 is 27.9 Å². The quantitative estimate of drug-likeness (QED) is 0.424. The first-order valence-corrected chi connectivity index (χ1v) is 8.03. The molecule has 122 valence electrons. The Morgan fingerprint density at radius 1 is 1.10 bits per heavy atom. The molecule has 0 rings (SSSR count). The number of carboxylic acid groups (broad SMARTS) is 2. The molecule has 0 saturated carbocycles. The molecular formula is C11H20N2O7S. The van der Waals surface area contributed by atoms with Crippen LogP contribution in [0.1, 0.15) is 26.7 Å². The van der Waals surface area contributed by atoms with Crippen molar-refractivity contribution < 1.29 is 33.0 Å². The molecule has 0 aromatic rings. The van der Waals surface area contributed by atoms with E-state index in [1.165, 1.54) is 0 Å². The summed E-state index contributed by atoms with van der Waals surface area (Å²) in [5.74, 6) is -3.80. The monoisotopic (exact) mass is 324 g/mol. The minimum absolute atomic E-state index is 0.0299. The highest BCUT2D eigenvalue weighted by Gasteiger charge is 2.29. The van der Waals surface area contributed by atoms with E-state index in [2.05, 4.69) is 4.72 Å². The third kappa shape index (κ3) is 8.97. The zero-order valence-corrected chi connectivity index (χ0v) is 12.8. The summed E-state index contributed by atoms with van der Waals surface area (Å²) in [6, 6.07) is -2.78. The number of carbonyl (C=O) groups excluding carboxylic acids is 1. The van der Waals surface area contributed by atoms with Crippen LogP contribution in [0.2, 0.25) is 0 Å². The van der Waals surface area contributed by atoms with E-state index in [9.17, 15) is 22.8 Å². The van der Waals surface area contributed by atoms with Crippen LogP contribution in [0.3, 0.4) is 0 Å². The molecule has 0 aliphatic carbocycles. The topological polar surface area (TPSA) is 150 Å². The Morgan fingerprint density at radius 3 is 1.95 bits per heavy atom. The van der Waals surface area contributed by atoms with Gasteiger partial charge in [0.1, 0.15) is 12.1 Å². The van der Waals surface area contributed by atoms with Crippen LogP contribution in [0.15, 0.2) is 0 Å². The molecule has 10 heteroatoms. The van der Waals surface area contributed by atoms with Crippen LogP contribution in [-0.4, -0.2) is 54.8 Å². The van der Waals surface area contributed by atoms with E-state index in [0.29, 0.717) is 0 Å². The minimum atomic E-state index is -3.67. The number of carboxylic acids is 2. The molecule has 0 spiro atoms. The second kappa shape index (κ2) is 7.93. The lowest BCUT2D eigenvalue weighted by molar-refractivity contribution is -0.147. The third-order valence-electron chi connectivity index (χ3n) is 2.37. The summed E-state index contributed by atoms with van der Waals surface area (Å²) < 4.78 is 24.6. The molecule has 2 atom stereocenters. The van der Waals surface area contributed by atoms with Gasteiger partial charge in [-0.25, -0.2) is 17.9 Å². The highest BCUT2D eigenvalue weighted by molar-refractivity contribution is 7.88. The largest absolute Gasteiger partial charge is 0.481 e. The lowest BCUT2D eigenvalue weighted by Gasteiger charge is -2.21. The second-order valence-corrected chi connectivity index (χ2v) is 6.85. The van der Waals surface area contributed by atoms with Crippen LogP contribution in [0.5, 0.6) is 0 Å². The van der Waals surface area contributed by atoms with Crippen LogP contribution in [0.4, 0.5) is 0 Å². The SMILES string of the molecule is CC(C)CC(NS(C)(=O)=O)C(=O)NC(CC(=O)O)C(=O)O. The van der Waals surface area contributed by atoms with Crippen LogP contribution >= 0.6 is 0 Å². The van der Waals surface area contributed by atoms with E-state index < -0.39 is 46.4 Å². The molecule has 0 saturated heterocycles. The summed E-state index contributed by atoms with van der Waals surface area (Å²) in [4.78, 5) is 33.4. The average molecular weight is 324 g/mol. The number of rotatable bonds is 9. The first-order valence-electron chi connectivity index (χ1n) is 6.14. The average Bonchev–Trinajstić information content (AvgIpc) is 2.23. The van der Waals surface area contributed by atoms with E-state index >= 15 is 0 Å². The van der Waals surface area contributed by atoms with E-state index in [1.807, 2.05) is 5.32 Å². The first-order chi connectivity index (χ1) is 9.42. The second-order valence-electron chi connectivity index (χ2n) is 5.07. The van der Waals surface area contributed by atoms with Crippen molar-refractivity contribution in [3.8, 4) is 0 Å². The van der Waals surface area contributed by atoms with E-state index in [0.717, 1.165) is 6.26 Å². The third-order valence-corrected chi connectivity index (χ3v) is 3.09. The molecule has 0 aliphatic rings. The van der Waals surface area contributed by atoms with Crippen molar-refractivity contribution in [1.29, 1.82) is 0 Å². The first kappa shape index (κ1) is 19.3. The molecule has 0 aromatic heterocycles. The number of amides is 1. The molecule has 2 unspecified atom stereocenters. The molecule has 0 aromatic carbocycles. The molecule has 0 radical (unpaired) electrons. The van der Waals surface area contributed by atoms with Gasteiger partial charge in [-0.05, 0) is 12.3 Å². The Bertz CT molecular complexity index is 501. The van der Waals surface area contributed by atoms with Crippen molar-refractivity contribution in [1.82, 2.24) is 10.0 Å². The molecule has 0 heterocycles. The summed E-state index contributed by atoms with van der Waals surface area (Å²) in [5.41, 5.74) is 0. The fourth-order valence-corrected chi connectivity index (χ4v) is 2.31. The predicted octanol–water partition coefficient (Wildman–Crippen LogP) is -1.01. The fourth-order valence-electron chi connectivity index (χ4n) is 1.59. The van der Waals surface area contributed by atoms with Gasteiger partial charge < -0.3 is 15.5 Å². The number of aliphatic carboxylic acids is 2. The van der Waals surface area contributed by atoms with Gasteiger partial charge in [-0.15, -0.1) is 0 Å². The van der Waals surface area contributed by atoms with Gasteiger partial charge in [0.2, 0.25) is 15.9 Å². The Kier molecular flexibility index (Phi) is 7.30. The number of hydrogen-bond donors (Lipinski definition) is 4. The van der Waals surface area contributed by atoms with Crippen LogP contribution in [-0.2, 0) is 24.4 Å². The zero-order chi connectivity index (χ0) is 16.8. The van der Waals surface area contributed by atoms with Crippen molar-refractivity contribution in [2.45, 2.75) is 38.8 Å². The Hall–Kier alpha value is -1.68. The van der Waals surface area contributed by atoms with Crippen LogP contribution in [0.25, 0.3) is 0 Å². The molecule has 21 heavy (non-hydrogen) atoms. The molecular weight excluding hydrogens is 304 g/mol.